The van der Waals surface area contributed by atoms with Gasteiger partial charge >= 0.3 is 0 Å². The van der Waals surface area contributed by atoms with E-state index in [9.17, 15) is 0 Å². The molecule has 0 amide bonds. The third-order valence-electron chi connectivity index (χ3n) is 2.01. The number of hydrogen-bond acceptors (Lipinski definition) is 2. The van der Waals surface area contributed by atoms with E-state index in [1.807, 2.05) is 0 Å². The van der Waals surface area contributed by atoms with Crippen molar-refractivity contribution in [3.8, 4) is 18.4 Å². The Hall–Kier alpha value is -0.990. The number of rotatable bonds is 6. The lowest BCUT2D eigenvalue weighted by molar-refractivity contribution is 0.225. The van der Waals surface area contributed by atoms with E-state index >= 15 is 0 Å². The molecule has 72 valence electrons. The molecule has 0 rings (SSSR count). The lowest BCUT2D eigenvalue weighted by atomic mass is 10.2. The molecule has 2 heteroatoms. The SMILES string of the molecule is C#CCCCN(CCC#N)C(C)C. The molecule has 0 bridgehead atoms. The Morgan fingerprint density at radius 1 is 1.31 bits per heavy atom. The molecule has 0 unspecified atom stereocenters. The Balaban J connectivity index is 3.70. The van der Waals surface area contributed by atoms with Crippen molar-refractivity contribution in [3.63, 3.8) is 0 Å². The van der Waals surface area contributed by atoms with Crippen molar-refractivity contribution in [2.75, 3.05) is 13.1 Å². The molecule has 0 aromatic heterocycles. The maximum absolute atomic E-state index is 8.46. The molecule has 13 heavy (non-hydrogen) atoms. The average molecular weight is 178 g/mol. The van der Waals surface area contributed by atoms with Crippen molar-refractivity contribution in [2.45, 2.75) is 39.2 Å². The van der Waals surface area contributed by atoms with Crippen molar-refractivity contribution in [1.82, 2.24) is 4.90 Å². The fourth-order valence-corrected chi connectivity index (χ4v) is 1.21. The third-order valence-corrected chi connectivity index (χ3v) is 2.01. The maximum atomic E-state index is 8.46. The second-order valence-corrected chi connectivity index (χ2v) is 3.35. The van der Waals surface area contributed by atoms with Crippen LogP contribution in [0.4, 0.5) is 0 Å². The molecule has 2 nitrogen and oxygen atoms in total. The van der Waals surface area contributed by atoms with Crippen LogP contribution in [0.25, 0.3) is 0 Å². The molecular weight excluding hydrogens is 160 g/mol. The van der Waals surface area contributed by atoms with Crippen molar-refractivity contribution in [1.29, 1.82) is 5.26 Å². The van der Waals surface area contributed by atoms with E-state index in [2.05, 4.69) is 30.7 Å². The predicted octanol–water partition coefficient (Wildman–Crippen LogP) is 2.02. The summed E-state index contributed by atoms with van der Waals surface area (Å²) in [7, 11) is 0. The van der Waals surface area contributed by atoms with Crippen LogP contribution in [0, 0.1) is 23.7 Å². The smallest absolute Gasteiger partial charge is 0.0635 e. The highest BCUT2D eigenvalue weighted by Crippen LogP contribution is 2.02. The normalized spacial score (nSPS) is 10.0. The largest absolute Gasteiger partial charge is 0.300 e. The quantitative estimate of drug-likeness (QED) is 0.459. The van der Waals surface area contributed by atoms with Gasteiger partial charge in [0.15, 0.2) is 0 Å². The van der Waals surface area contributed by atoms with Crippen LogP contribution in [-0.2, 0) is 0 Å². The van der Waals surface area contributed by atoms with Gasteiger partial charge in [0.2, 0.25) is 0 Å². The molecule has 0 N–H and O–H groups in total. The van der Waals surface area contributed by atoms with Crippen molar-refractivity contribution >= 4 is 0 Å². The van der Waals surface area contributed by atoms with Gasteiger partial charge in [0.1, 0.15) is 0 Å². The van der Waals surface area contributed by atoms with Crippen LogP contribution in [0.15, 0.2) is 0 Å². The first-order chi connectivity index (χ1) is 6.22. The average Bonchev–Trinajstić information content (AvgIpc) is 2.10. The fourth-order valence-electron chi connectivity index (χ4n) is 1.21. The Kier molecular flexibility index (Phi) is 7.07. The second-order valence-electron chi connectivity index (χ2n) is 3.35. The first-order valence-corrected chi connectivity index (χ1v) is 4.76. The number of terminal acetylenes is 1. The van der Waals surface area contributed by atoms with E-state index in [1.54, 1.807) is 0 Å². The monoisotopic (exact) mass is 178 g/mol. The van der Waals surface area contributed by atoms with Crippen molar-refractivity contribution in [3.05, 3.63) is 0 Å². The van der Waals surface area contributed by atoms with Crippen LogP contribution < -0.4 is 0 Å². The molecule has 0 aromatic rings. The van der Waals surface area contributed by atoms with Gasteiger partial charge in [-0.2, -0.15) is 5.26 Å². The zero-order valence-electron chi connectivity index (χ0n) is 8.58. The van der Waals surface area contributed by atoms with Gasteiger partial charge in [-0.3, -0.25) is 4.90 Å². The lowest BCUT2D eigenvalue weighted by Crippen LogP contribution is -2.32. The molecule has 0 aromatic carbocycles. The number of nitriles is 1. The van der Waals surface area contributed by atoms with E-state index in [4.69, 9.17) is 11.7 Å². The standard InChI is InChI=1S/C11H18N2/c1-4-5-6-9-13(11(2)3)10-7-8-12/h1,11H,5-7,9-10H2,2-3H3. The highest BCUT2D eigenvalue weighted by Gasteiger charge is 2.07. The van der Waals surface area contributed by atoms with Gasteiger partial charge in [-0.1, -0.05) is 0 Å². The van der Waals surface area contributed by atoms with E-state index in [1.165, 1.54) is 0 Å². The van der Waals surface area contributed by atoms with Crippen molar-refractivity contribution < 1.29 is 0 Å². The zero-order valence-corrected chi connectivity index (χ0v) is 8.58. The second kappa shape index (κ2) is 7.65. The Labute approximate surface area is 81.5 Å². The summed E-state index contributed by atoms with van der Waals surface area (Å²) in [5.74, 6) is 2.63. The molecule has 0 atom stereocenters. The van der Waals surface area contributed by atoms with E-state index < -0.39 is 0 Å². The summed E-state index contributed by atoms with van der Waals surface area (Å²) in [6, 6.07) is 2.67. The minimum absolute atomic E-state index is 0.506. The molecule has 0 aliphatic rings. The highest BCUT2D eigenvalue weighted by molar-refractivity contribution is 4.84. The van der Waals surface area contributed by atoms with Crippen LogP contribution in [0.5, 0.6) is 0 Å². The molecule has 0 aliphatic carbocycles. The first kappa shape index (κ1) is 12.0. The maximum Gasteiger partial charge on any atom is 0.0635 e. The number of nitrogens with zero attached hydrogens (tertiary/aromatic N) is 2. The molecule has 0 saturated carbocycles. The molecule has 0 spiro atoms. The first-order valence-electron chi connectivity index (χ1n) is 4.76. The Morgan fingerprint density at radius 2 is 2.00 bits per heavy atom. The van der Waals surface area contributed by atoms with Gasteiger partial charge in [0, 0.05) is 25.4 Å². The summed E-state index contributed by atoms with van der Waals surface area (Å²) < 4.78 is 0. The van der Waals surface area contributed by atoms with Gasteiger partial charge in [-0.15, -0.1) is 12.3 Å². The van der Waals surface area contributed by atoms with Crippen LogP contribution in [0.2, 0.25) is 0 Å². The van der Waals surface area contributed by atoms with Crippen LogP contribution >= 0.6 is 0 Å². The van der Waals surface area contributed by atoms with Crippen LogP contribution in [-0.4, -0.2) is 24.0 Å². The van der Waals surface area contributed by atoms with E-state index in [-0.39, 0.29) is 0 Å². The predicted molar refractivity (Wildman–Crippen MR) is 55.0 cm³/mol. The minimum Gasteiger partial charge on any atom is -0.300 e. The summed E-state index contributed by atoms with van der Waals surface area (Å²) in [6.45, 7) is 6.16. The molecule has 0 aliphatic heterocycles. The van der Waals surface area contributed by atoms with Gasteiger partial charge in [-0.25, -0.2) is 0 Å². The summed E-state index contributed by atoms with van der Waals surface area (Å²) in [5, 5.41) is 8.46. The summed E-state index contributed by atoms with van der Waals surface area (Å²) in [6.07, 6.45) is 7.63. The van der Waals surface area contributed by atoms with Gasteiger partial charge in [-0.05, 0) is 26.8 Å². The highest BCUT2D eigenvalue weighted by atomic mass is 15.1. The third kappa shape index (κ3) is 6.20. The van der Waals surface area contributed by atoms with E-state index in [0.29, 0.717) is 12.5 Å². The Bertz CT molecular complexity index is 195. The molecule has 0 saturated heterocycles. The fraction of sp³-hybridized carbons (Fsp3) is 0.727. The van der Waals surface area contributed by atoms with Gasteiger partial charge in [0.05, 0.1) is 6.07 Å². The van der Waals surface area contributed by atoms with Gasteiger partial charge < -0.3 is 0 Å². The molecule has 0 heterocycles. The summed E-state index contributed by atoms with van der Waals surface area (Å²) >= 11 is 0. The molecular formula is C11H18N2. The van der Waals surface area contributed by atoms with Gasteiger partial charge in [0.25, 0.3) is 0 Å². The summed E-state index contributed by atoms with van der Waals surface area (Å²) in [5.41, 5.74) is 0. The van der Waals surface area contributed by atoms with E-state index in [0.717, 1.165) is 25.9 Å². The molecule has 0 fully saturated rings. The zero-order chi connectivity index (χ0) is 10.1. The number of hydrogen-bond donors (Lipinski definition) is 0. The number of unbranched alkanes of at least 4 members (excludes halogenated alkanes) is 1. The topological polar surface area (TPSA) is 27.0 Å². The lowest BCUT2D eigenvalue weighted by Gasteiger charge is -2.24. The van der Waals surface area contributed by atoms with Crippen LogP contribution in [0.3, 0.4) is 0 Å². The summed E-state index contributed by atoms with van der Waals surface area (Å²) in [4.78, 5) is 2.29. The minimum atomic E-state index is 0.506. The van der Waals surface area contributed by atoms with Crippen LogP contribution in [0.1, 0.15) is 33.1 Å². The Morgan fingerprint density at radius 3 is 2.46 bits per heavy atom. The van der Waals surface area contributed by atoms with Crippen molar-refractivity contribution in [2.24, 2.45) is 0 Å². The molecule has 0 radical (unpaired) electrons.